The van der Waals surface area contributed by atoms with Crippen LogP contribution in [0.25, 0.3) is 0 Å². The van der Waals surface area contributed by atoms with Crippen molar-refractivity contribution in [2.24, 2.45) is 17.3 Å². The molecule has 3 aliphatic rings. The van der Waals surface area contributed by atoms with Crippen molar-refractivity contribution < 1.29 is 19.6 Å². The number of amides is 3. The van der Waals surface area contributed by atoms with E-state index in [9.17, 15) is 19.6 Å². The van der Waals surface area contributed by atoms with Gasteiger partial charge in [-0.2, -0.15) is 0 Å². The number of carbonyl (C=O) groups excluding carboxylic acids is 3. The molecule has 2 heterocycles. The number of benzene rings is 1. The monoisotopic (exact) mass is 512 g/mol. The van der Waals surface area contributed by atoms with Gasteiger partial charge >= 0.3 is 0 Å². The summed E-state index contributed by atoms with van der Waals surface area (Å²) >= 11 is 0. The molecule has 204 valence electrons. The first kappa shape index (κ1) is 27.6. The van der Waals surface area contributed by atoms with Crippen molar-refractivity contribution >= 4 is 18.2 Å². The Kier molecular flexibility index (Phi) is 8.59. The van der Waals surface area contributed by atoms with Crippen molar-refractivity contribution in [3.63, 3.8) is 0 Å². The van der Waals surface area contributed by atoms with Crippen molar-refractivity contribution in [2.75, 3.05) is 19.6 Å². The molecular weight excluding hydrogens is 468 g/mol. The largest absolute Gasteiger partial charge is 0.344 e. The summed E-state index contributed by atoms with van der Waals surface area (Å²) in [6, 6.07) is 6.27. The van der Waals surface area contributed by atoms with E-state index in [0.717, 1.165) is 45.2 Å². The minimum absolute atomic E-state index is 0.0493. The Hall–Kier alpha value is -2.45. The van der Waals surface area contributed by atoms with E-state index in [2.05, 4.69) is 35.3 Å². The first-order chi connectivity index (χ1) is 17.5. The molecule has 2 N–H and O–H groups in total. The summed E-state index contributed by atoms with van der Waals surface area (Å²) in [6.45, 7) is 11.1. The van der Waals surface area contributed by atoms with Gasteiger partial charge in [-0.3, -0.25) is 24.5 Å². The molecule has 1 saturated heterocycles. The van der Waals surface area contributed by atoms with Gasteiger partial charge in [-0.05, 0) is 42.2 Å². The lowest BCUT2D eigenvalue weighted by molar-refractivity contribution is -0.155. The molecule has 0 aromatic heterocycles. The third-order valence-electron chi connectivity index (χ3n) is 8.49. The molecule has 4 rings (SSSR count). The number of rotatable bonds is 9. The SMILES string of the molecule is Cc1ccc2c(c1)CN(C1CCN(C(=O)[C@@H](NC(=O)[C@H](CC3CCCC3)CN(O)C=O)C(C)(C)C)C1)C2. The highest BCUT2D eigenvalue weighted by atomic mass is 16.5. The first-order valence-electron chi connectivity index (χ1n) is 13.9. The van der Waals surface area contributed by atoms with Crippen molar-refractivity contribution in [1.29, 1.82) is 0 Å². The summed E-state index contributed by atoms with van der Waals surface area (Å²) in [6.07, 6.45) is 6.30. The second-order valence-electron chi connectivity index (χ2n) is 12.5. The fraction of sp³-hybridized carbons (Fsp3) is 0.690. The molecule has 2 fully saturated rings. The van der Waals surface area contributed by atoms with E-state index in [1.54, 1.807) is 0 Å². The zero-order valence-corrected chi connectivity index (χ0v) is 22.9. The number of aryl methyl sites for hydroxylation is 1. The maximum Gasteiger partial charge on any atom is 0.245 e. The zero-order valence-electron chi connectivity index (χ0n) is 22.9. The Morgan fingerprint density at radius 3 is 2.54 bits per heavy atom. The summed E-state index contributed by atoms with van der Waals surface area (Å²) in [5, 5.41) is 13.4. The number of likely N-dealkylation sites (tertiary alicyclic amines) is 1. The van der Waals surface area contributed by atoms with Crippen LogP contribution in [-0.4, -0.2) is 70.0 Å². The first-order valence-corrected chi connectivity index (χ1v) is 13.9. The quantitative estimate of drug-likeness (QED) is 0.300. The van der Waals surface area contributed by atoms with Gasteiger partial charge in [0.25, 0.3) is 0 Å². The van der Waals surface area contributed by atoms with Crippen LogP contribution in [0.2, 0.25) is 0 Å². The van der Waals surface area contributed by atoms with Crippen molar-refractivity contribution in [3.05, 3.63) is 34.9 Å². The topological polar surface area (TPSA) is 93.2 Å². The second-order valence-corrected chi connectivity index (χ2v) is 12.5. The maximum absolute atomic E-state index is 13.8. The van der Waals surface area contributed by atoms with Crippen LogP contribution in [0.3, 0.4) is 0 Å². The summed E-state index contributed by atoms with van der Waals surface area (Å²) < 4.78 is 0. The molecule has 1 unspecified atom stereocenters. The molecule has 1 saturated carbocycles. The third kappa shape index (κ3) is 6.71. The molecule has 3 atom stereocenters. The fourth-order valence-corrected chi connectivity index (χ4v) is 6.32. The number of hydrogen-bond acceptors (Lipinski definition) is 5. The number of nitrogens with one attached hydrogen (secondary N) is 1. The highest BCUT2D eigenvalue weighted by Gasteiger charge is 2.41. The van der Waals surface area contributed by atoms with E-state index in [4.69, 9.17) is 0 Å². The van der Waals surface area contributed by atoms with Gasteiger partial charge in [0.05, 0.1) is 12.5 Å². The minimum Gasteiger partial charge on any atom is -0.344 e. The fourth-order valence-electron chi connectivity index (χ4n) is 6.32. The molecule has 0 spiro atoms. The van der Waals surface area contributed by atoms with Crippen LogP contribution in [0.1, 0.15) is 76.0 Å². The number of hydrogen-bond donors (Lipinski definition) is 2. The Bertz CT molecular complexity index is 985. The van der Waals surface area contributed by atoms with Crippen LogP contribution in [0, 0.1) is 24.2 Å². The van der Waals surface area contributed by atoms with Crippen molar-refractivity contribution in [3.8, 4) is 0 Å². The summed E-state index contributed by atoms with van der Waals surface area (Å²) in [5.41, 5.74) is 3.55. The highest BCUT2D eigenvalue weighted by molar-refractivity contribution is 5.89. The number of hydroxylamine groups is 2. The molecule has 8 nitrogen and oxygen atoms in total. The Balaban J connectivity index is 1.40. The average Bonchev–Trinajstić information content (AvgIpc) is 3.61. The molecule has 1 aliphatic carbocycles. The molecule has 0 radical (unpaired) electrons. The lowest BCUT2D eigenvalue weighted by Gasteiger charge is -2.35. The number of fused-ring (bicyclic) bond motifs is 1. The van der Waals surface area contributed by atoms with E-state index < -0.39 is 17.4 Å². The molecular formula is C29H44N4O4. The van der Waals surface area contributed by atoms with Gasteiger partial charge in [-0.25, -0.2) is 5.06 Å². The smallest absolute Gasteiger partial charge is 0.245 e. The number of carbonyl (C=O) groups is 3. The Morgan fingerprint density at radius 2 is 1.86 bits per heavy atom. The van der Waals surface area contributed by atoms with E-state index in [1.165, 1.54) is 16.7 Å². The standard InChI is InChI=1S/C29H44N4O4/c1-20-9-10-22-15-32(16-23(22)13-20)25-11-12-31(18-25)28(36)26(29(2,3)4)30-27(35)24(17-33(37)19-34)14-21-7-5-6-8-21/h9-10,13,19,21,24-26,37H,5-8,11-12,14-18H2,1-4H3,(H,30,35)/t24-,25?,26-/m1/s1. The van der Waals surface area contributed by atoms with E-state index in [0.29, 0.717) is 42.9 Å². The van der Waals surface area contributed by atoms with Crippen LogP contribution < -0.4 is 5.32 Å². The number of nitrogens with zero attached hydrogens (tertiary/aromatic N) is 3. The average molecular weight is 513 g/mol. The lowest BCUT2D eigenvalue weighted by atomic mass is 9.84. The van der Waals surface area contributed by atoms with Crippen molar-refractivity contribution in [1.82, 2.24) is 20.2 Å². The molecule has 3 amide bonds. The predicted molar refractivity (Wildman–Crippen MR) is 141 cm³/mol. The molecule has 8 heteroatoms. The van der Waals surface area contributed by atoms with Crippen LogP contribution in [-0.2, 0) is 27.5 Å². The summed E-state index contributed by atoms with van der Waals surface area (Å²) in [7, 11) is 0. The third-order valence-corrected chi connectivity index (χ3v) is 8.49. The Labute approximate surface area is 221 Å². The molecule has 37 heavy (non-hydrogen) atoms. The van der Waals surface area contributed by atoms with Crippen LogP contribution in [0.4, 0.5) is 0 Å². The maximum atomic E-state index is 13.8. The Morgan fingerprint density at radius 1 is 1.16 bits per heavy atom. The normalized spacial score (nSPS) is 22.1. The van der Waals surface area contributed by atoms with Gasteiger partial charge in [0.15, 0.2) is 0 Å². The lowest BCUT2D eigenvalue weighted by Crippen LogP contribution is -2.56. The summed E-state index contributed by atoms with van der Waals surface area (Å²) in [4.78, 5) is 42.7. The highest BCUT2D eigenvalue weighted by Crippen LogP contribution is 2.32. The van der Waals surface area contributed by atoms with Crippen molar-refractivity contribution in [2.45, 2.75) is 91.4 Å². The van der Waals surface area contributed by atoms with E-state index in [-0.39, 0.29) is 18.4 Å². The minimum atomic E-state index is -0.674. The van der Waals surface area contributed by atoms with Crippen LogP contribution in [0.15, 0.2) is 18.2 Å². The van der Waals surface area contributed by atoms with Crippen LogP contribution >= 0.6 is 0 Å². The van der Waals surface area contributed by atoms with Gasteiger partial charge in [-0.15, -0.1) is 0 Å². The van der Waals surface area contributed by atoms with Gasteiger partial charge in [-0.1, -0.05) is 70.2 Å². The van der Waals surface area contributed by atoms with Gasteiger partial charge in [0.2, 0.25) is 18.2 Å². The molecule has 0 bridgehead atoms. The van der Waals surface area contributed by atoms with E-state index in [1.807, 2.05) is 25.7 Å². The van der Waals surface area contributed by atoms with Gasteiger partial charge < -0.3 is 10.2 Å². The van der Waals surface area contributed by atoms with Gasteiger partial charge in [0, 0.05) is 32.2 Å². The zero-order chi connectivity index (χ0) is 26.7. The van der Waals surface area contributed by atoms with E-state index >= 15 is 0 Å². The van der Waals surface area contributed by atoms with Crippen LogP contribution in [0.5, 0.6) is 0 Å². The second kappa shape index (κ2) is 11.5. The summed E-state index contributed by atoms with van der Waals surface area (Å²) in [5.74, 6) is -0.449. The molecule has 2 aliphatic heterocycles. The molecule has 1 aromatic rings. The van der Waals surface area contributed by atoms with Gasteiger partial charge in [0.1, 0.15) is 6.04 Å². The predicted octanol–water partition coefficient (Wildman–Crippen LogP) is 3.49. The molecule has 1 aromatic carbocycles.